The fourth-order valence-electron chi connectivity index (χ4n) is 1.54. The summed E-state index contributed by atoms with van der Waals surface area (Å²) in [6, 6.07) is 13.6. The van der Waals surface area contributed by atoms with Crippen LogP contribution in [0.15, 0.2) is 48.7 Å². The van der Waals surface area contributed by atoms with Crippen molar-refractivity contribution in [3.63, 3.8) is 0 Å². The topological polar surface area (TPSA) is 50.9 Å². The van der Waals surface area contributed by atoms with Gasteiger partial charge < -0.3 is 11.1 Å². The van der Waals surface area contributed by atoms with E-state index in [0.717, 1.165) is 16.9 Å². The molecule has 0 aliphatic carbocycles. The first-order valence-electron chi connectivity index (χ1n) is 5.30. The molecule has 1 aromatic carbocycles. The number of anilines is 1. The molecule has 2 aromatic rings. The zero-order valence-electron chi connectivity index (χ0n) is 9.26. The van der Waals surface area contributed by atoms with E-state index in [0.29, 0.717) is 11.5 Å². The Hall–Kier alpha value is -1.94. The minimum Gasteiger partial charge on any atom is -0.389 e. The monoisotopic (exact) mass is 243 g/mol. The molecule has 17 heavy (non-hydrogen) atoms. The maximum Gasteiger partial charge on any atom is 0.106 e. The van der Waals surface area contributed by atoms with Crippen LogP contribution in [0.5, 0.6) is 0 Å². The summed E-state index contributed by atoms with van der Waals surface area (Å²) in [4.78, 5) is 4.64. The highest BCUT2D eigenvalue weighted by Crippen LogP contribution is 2.15. The Balaban J connectivity index is 2.12. The summed E-state index contributed by atoms with van der Waals surface area (Å²) in [7, 11) is 0. The van der Waals surface area contributed by atoms with E-state index in [-0.39, 0.29) is 0 Å². The third kappa shape index (κ3) is 3.01. The molecule has 0 saturated carbocycles. The number of pyridine rings is 1. The van der Waals surface area contributed by atoms with Crippen molar-refractivity contribution >= 4 is 22.9 Å². The second-order valence-corrected chi connectivity index (χ2v) is 4.02. The molecule has 1 aromatic heterocycles. The van der Waals surface area contributed by atoms with Crippen molar-refractivity contribution < 1.29 is 0 Å². The van der Waals surface area contributed by atoms with Gasteiger partial charge in [0.05, 0.1) is 12.2 Å². The van der Waals surface area contributed by atoms with Gasteiger partial charge in [0.25, 0.3) is 0 Å². The van der Waals surface area contributed by atoms with Crippen LogP contribution in [0.25, 0.3) is 0 Å². The van der Waals surface area contributed by atoms with Gasteiger partial charge in [-0.15, -0.1) is 0 Å². The van der Waals surface area contributed by atoms with E-state index in [1.807, 2.05) is 42.5 Å². The van der Waals surface area contributed by atoms with Gasteiger partial charge >= 0.3 is 0 Å². The zero-order valence-corrected chi connectivity index (χ0v) is 10.1. The van der Waals surface area contributed by atoms with Crippen molar-refractivity contribution in [2.45, 2.75) is 6.54 Å². The van der Waals surface area contributed by atoms with Crippen LogP contribution < -0.4 is 11.1 Å². The smallest absolute Gasteiger partial charge is 0.106 e. The van der Waals surface area contributed by atoms with E-state index in [9.17, 15) is 0 Å². The van der Waals surface area contributed by atoms with Crippen LogP contribution in [-0.4, -0.2) is 9.97 Å². The van der Waals surface area contributed by atoms with Crippen LogP contribution >= 0.6 is 12.2 Å². The van der Waals surface area contributed by atoms with Crippen LogP contribution in [0.4, 0.5) is 5.69 Å². The summed E-state index contributed by atoms with van der Waals surface area (Å²) < 4.78 is 0. The number of aromatic nitrogens is 1. The van der Waals surface area contributed by atoms with Crippen LogP contribution in [-0.2, 0) is 6.54 Å². The molecule has 0 spiro atoms. The predicted octanol–water partition coefficient (Wildman–Crippen LogP) is 2.33. The molecule has 1 heterocycles. The van der Waals surface area contributed by atoms with Crippen molar-refractivity contribution in [2.24, 2.45) is 5.73 Å². The SMILES string of the molecule is NC(=S)c1ccccc1NCc1ccccn1. The Labute approximate surface area is 106 Å². The van der Waals surface area contributed by atoms with Gasteiger partial charge in [-0.2, -0.15) is 0 Å². The fraction of sp³-hybridized carbons (Fsp3) is 0.0769. The number of hydrogen-bond acceptors (Lipinski definition) is 3. The molecule has 3 N–H and O–H groups in total. The minimum atomic E-state index is 0.397. The highest BCUT2D eigenvalue weighted by molar-refractivity contribution is 7.80. The lowest BCUT2D eigenvalue weighted by Gasteiger charge is -2.10. The van der Waals surface area contributed by atoms with Gasteiger partial charge in [-0.1, -0.05) is 30.4 Å². The van der Waals surface area contributed by atoms with E-state index in [1.165, 1.54) is 0 Å². The second-order valence-electron chi connectivity index (χ2n) is 3.58. The van der Waals surface area contributed by atoms with Crippen molar-refractivity contribution in [1.29, 1.82) is 0 Å². The first-order chi connectivity index (χ1) is 8.27. The third-order valence-corrected chi connectivity index (χ3v) is 2.60. The average molecular weight is 243 g/mol. The minimum absolute atomic E-state index is 0.397. The van der Waals surface area contributed by atoms with Crippen molar-refractivity contribution in [1.82, 2.24) is 4.98 Å². The van der Waals surface area contributed by atoms with Gasteiger partial charge in [0.15, 0.2) is 0 Å². The number of hydrogen-bond donors (Lipinski definition) is 2. The maximum absolute atomic E-state index is 5.66. The standard InChI is InChI=1S/C13H13N3S/c14-13(17)11-6-1-2-7-12(11)16-9-10-5-3-4-8-15-10/h1-8,16H,9H2,(H2,14,17). The molecule has 4 heteroatoms. The highest BCUT2D eigenvalue weighted by Gasteiger charge is 2.03. The van der Waals surface area contributed by atoms with Crippen molar-refractivity contribution in [2.75, 3.05) is 5.32 Å². The normalized spacial score (nSPS) is 9.88. The third-order valence-electron chi connectivity index (χ3n) is 2.38. The maximum atomic E-state index is 5.66. The molecule has 0 fully saturated rings. The molecular formula is C13H13N3S. The number of nitrogens with one attached hydrogen (secondary N) is 1. The summed E-state index contributed by atoms with van der Waals surface area (Å²) in [5, 5.41) is 3.28. The molecular weight excluding hydrogens is 230 g/mol. The molecule has 0 aliphatic heterocycles. The molecule has 0 radical (unpaired) electrons. The van der Waals surface area contributed by atoms with Crippen LogP contribution in [0.3, 0.4) is 0 Å². The number of benzene rings is 1. The zero-order chi connectivity index (χ0) is 12.1. The molecule has 0 amide bonds. The Kier molecular flexibility index (Phi) is 3.67. The van der Waals surface area contributed by atoms with Crippen LogP contribution in [0, 0.1) is 0 Å². The van der Waals surface area contributed by atoms with Gasteiger partial charge in [0.2, 0.25) is 0 Å². The molecule has 0 unspecified atom stereocenters. The summed E-state index contributed by atoms with van der Waals surface area (Å²) >= 11 is 5.00. The van der Waals surface area contributed by atoms with E-state index in [4.69, 9.17) is 18.0 Å². The Morgan fingerprint density at radius 2 is 1.94 bits per heavy atom. The lowest BCUT2D eigenvalue weighted by Crippen LogP contribution is -2.13. The molecule has 0 saturated heterocycles. The summed E-state index contributed by atoms with van der Waals surface area (Å²) in [6.07, 6.45) is 1.77. The number of para-hydroxylation sites is 1. The molecule has 0 bridgehead atoms. The van der Waals surface area contributed by atoms with Gasteiger partial charge in [-0.3, -0.25) is 4.98 Å². The Morgan fingerprint density at radius 3 is 2.65 bits per heavy atom. The number of nitrogens with two attached hydrogens (primary N) is 1. The van der Waals surface area contributed by atoms with Gasteiger partial charge in [0, 0.05) is 17.4 Å². The predicted molar refractivity (Wildman–Crippen MR) is 73.9 cm³/mol. The number of nitrogens with zero attached hydrogens (tertiary/aromatic N) is 1. The molecule has 3 nitrogen and oxygen atoms in total. The lowest BCUT2D eigenvalue weighted by atomic mass is 10.1. The molecule has 0 aliphatic rings. The van der Waals surface area contributed by atoms with Gasteiger partial charge in [0.1, 0.15) is 4.99 Å². The second kappa shape index (κ2) is 5.41. The summed E-state index contributed by atoms with van der Waals surface area (Å²) in [5.74, 6) is 0. The van der Waals surface area contributed by atoms with Gasteiger partial charge in [-0.05, 0) is 24.3 Å². The first kappa shape index (κ1) is 11.5. The molecule has 86 valence electrons. The molecule has 0 atom stereocenters. The first-order valence-corrected chi connectivity index (χ1v) is 5.71. The van der Waals surface area contributed by atoms with E-state index in [1.54, 1.807) is 6.20 Å². The average Bonchev–Trinajstić information content (AvgIpc) is 2.38. The summed E-state index contributed by atoms with van der Waals surface area (Å²) in [6.45, 7) is 0.653. The van der Waals surface area contributed by atoms with E-state index < -0.39 is 0 Å². The summed E-state index contributed by atoms with van der Waals surface area (Å²) in [5.41, 5.74) is 8.43. The lowest BCUT2D eigenvalue weighted by molar-refractivity contribution is 1.05. The van der Waals surface area contributed by atoms with E-state index >= 15 is 0 Å². The molecule has 2 rings (SSSR count). The quantitative estimate of drug-likeness (QED) is 0.809. The number of rotatable bonds is 4. The highest BCUT2D eigenvalue weighted by atomic mass is 32.1. The van der Waals surface area contributed by atoms with Crippen molar-refractivity contribution in [3.05, 3.63) is 59.9 Å². The Bertz CT molecular complexity index is 511. The van der Waals surface area contributed by atoms with Crippen LogP contribution in [0.2, 0.25) is 0 Å². The number of thiocarbonyl (C=S) groups is 1. The van der Waals surface area contributed by atoms with E-state index in [2.05, 4.69) is 10.3 Å². The van der Waals surface area contributed by atoms with Gasteiger partial charge in [-0.25, -0.2) is 0 Å². The Morgan fingerprint density at radius 1 is 1.18 bits per heavy atom. The largest absolute Gasteiger partial charge is 0.389 e. The van der Waals surface area contributed by atoms with Crippen molar-refractivity contribution in [3.8, 4) is 0 Å². The fourth-order valence-corrected chi connectivity index (χ4v) is 1.72. The van der Waals surface area contributed by atoms with Crippen LogP contribution in [0.1, 0.15) is 11.3 Å².